The lowest BCUT2D eigenvalue weighted by molar-refractivity contribution is -0.117. The predicted molar refractivity (Wildman–Crippen MR) is 128 cm³/mol. The average Bonchev–Trinajstić information content (AvgIpc) is 3.15. The third kappa shape index (κ3) is 4.83. The first-order valence-electron chi connectivity index (χ1n) is 11.1. The van der Waals surface area contributed by atoms with Gasteiger partial charge in [-0.1, -0.05) is 23.7 Å². The summed E-state index contributed by atoms with van der Waals surface area (Å²) in [5.74, 6) is -1.53. The van der Waals surface area contributed by atoms with Crippen LogP contribution >= 0.6 is 11.6 Å². The number of amides is 2. The summed E-state index contributed by atoms with van der Waals surface area (Å²) in [6, 6.07) is 9.80. The Kier molecular flexibility index (Phi) is 7.00. The molecule has 1 saturated heterocycles. The fourth-order valence-corrected chi connectivity index (χ4v) is 4.74. The van der Waals surface area contributed by atoms with E-state index in [9.17, 15) is 18.8 Å². The molecule has 2 N–H and O–H groups in total. The molecule has 0 unspecified atom stereocenters. The molecule has 0 saturated carbocycles. The van der Waals surface area contributed by atoms with E-state index in [0.717, 1.165) is 24.8 Å². The highest BCUT2D eigenvalue weighted by atomic mass is 35.5. The van der Waals surface area contributed by atoms with Crippen LogP contribution in [-0.4, -0.2) is 47.2 Å². The molecule has 0 aliphatic carbocycles. The van der Waals surface area contributed by atoms with Gasteiger partial charge in [0.25, 0.3) is 11.7 Å². The number of hydrogen-bond acceptors (Lipinski definition) is 4. The van der Waals surface area contributed by atoms with E-state index >= 15 is 0 Å². The van der Waals surface area contributed by atoms with Crippen LogP contribution in [0, 0.1) is 11.7 Å². The number of benzene rings is 2. The molecule has 0 bridgehead atoms. The van der Waals surface area contributed by atoms with E-state index in [1.807, 2.05) is 0 Å². The van der Waals surface area contributed by atoms with E-state index in [0.29, 0.717) is 40.5 Å². The monoisotopic (exact) mass is 484 g/mol. The molecule has 1 fully saturated rings. The number of halogens is 2. The van der Waals surface area contributed by atoms with Crippen molar-refractivity contribution in [3.8, 4) is 0 Å². The van der Waals surface area contributed by atoms with Crippen molar-refractivity contribution in [1.82, 2.24) is 20.3 Å². The second-order valence-corrected chi connectivity index (χ2v) is 9.01. The van der Waals surface area contributed by atoms with Crippen molar-refractivity contribution in [2.45, 2.75) is 19.3 Å². The number of hydrogen-bond donors (Lipinski definition) is 2. The first-order chi connectivity index (χ1) is 16.3. The SMILES string of the molecule is CNNC(=O)C(=O)c1cn(C)c2cc(Cl)c(C(=O)N3CCC(Cc4ccc(F)cc4)CC3)cc12. The van der Waals surface area contributed by atoms with Crippen molar-refractivity contribution in [1.29, 1.82) is 0 Å². The van der Waals surface area contributed by atoms with E-state index in [-0.39, 0.29) is 17.3 Å². The van der Waals surface area contributed by atoms with Gasteiger partial charge in [0, 0.05) is 38.8 Å². The lowest BCUT2D eigenvalue weighted by Crippen LogP contribution is -2.39. The Bertz CT molecular complexity index is 1250. The summed E-state index contributed by atoms with van der Waals surface area (Å²) in [6.45, 7) is 1.18. The van der Waals surface area contributed by atoms with Gasteiger partial charge in [-0.2, -0.15) is 0 Å². The smallest absolute Gasteiger partial charge is 0.306 e. The number of Topliss-reactive ketones (excluding diaryl/α,β-unsaturated/α-hetero) is 1. The maximum absolute atomic E-state index is 13.3. The summed E-state index contributed by atoms with van der Waals surface area (Å²) in [5.41, 5.74) is 6.97. The lowest BCUT2D eigenvalue weighted by Gasteiger charge is -2.32. The summed E-state index contributed by atoms with van der Waals surface area (Å²) >= 11 is 6.47. The third-order valence-electron chi connectivity index (χ3n) is 6.34. The molecule has 0 atom stereocenters. The molecule has 3 aromatic rings. The number of hydrazine groups is 1. The van der Waals surface area contributed by atoms with E-state index in [2.05, 4.69) is 10.9 Å². The standard InChI is InChI=1S/C25H26ClFN4O3/c1-28-29-24(33)23(32)20-14-30(2)22-13-21(26)19(12-18(20)22)25(34)31-9-7-16(8-10-31)11-15-3-5-17(27)6-4-15/h3-6,12-14,16,28H,7-11H2,1-2H3,(H,29,33). The van der Waals surface area contributed by atoms with Crippen molar-refractivity contribution in [3.05, 3.63) is 70.1 Å². The summed E-state index contributed by atoms with van der Waals surface area (Å²) in [5, 5.41) is 0.795. The lowest BCUT2D eigenvalue weighted by atomic mass is 9.90. The van der Waals surface area contributed by atoms with Crippen molar-refractivity contribution in [3.63, 3.8) is 0 Å². The Morgan fingerprint density at radius 2 is 1.76 bits per heavy atom. The van der Waals surface area contributed by atoms with Gasteiger partial charge >= 0.3 is 5.91 Å². The zero-order valence-corrected chi connectivity index (χ0v) is 19.8. The minimum Gasteiger partial charge on any atom is -0.350 e. The molecule has 1 aliphatic rings. The number of carbonyl (C=O) groups excluding carboxylic acids is 3. The van der Waals surface area contributed by atoms with Gasteiger partial charge in [0.05, 0.1) is 21.7 Å². The maximum Gasteiger partial charge on any atom is 0.306 e. The van der Waals surface area contributed by atoms with Crippen LogP contribution in [0.3, 0.4) is 0 Å². The number of aromatic nitrogens is 1. The molecule has 7 nitrogen and oxygen atoms in total. The Hall–Kier alpha value is -3.23. The predicted octanol–water partition coefficient (Wildman–Crippen LogP) is 3.50. The molecule has 34 heavy (non-hydrogen) atoms. The molecule has 178 valence electrons. The maximum atomic E-state index is 13.3. The second kappa shape index (κ2) is 9.95. The van der Waals surface area contributed by atoms with Gasteiger partial charge in [0.2, 0.25) is 0 Å². The van der Waals surface area contributed by atoms with Crippen LogP contribution in [-0.2, 0) is 18.3 Å². The first-order valence-corrected chi connectivity index (χ1v) is 11.5. The van der Waals surface area contributed by atoms with E-state index in [4.69, 9.17) is 11.6 Å². The van der Waals surface area contributed by atoms with Crippen molar-refractivity contribution in [2.24, 2.45) is 13.0 Å². The minimum atomic E-state index is -0.791. The molecule has 9 heteroatoms. The topological polar surface area (TPSA) is 83.4 Å². The van der Waals surface area contributed by atoms with Crippen LogP contribution in [0.5, 0.6) is 0 Å². The number of rotatable bonds is 6. The molecule has 2 amide bonds. The van der Waals surface area contributed by atoms with Gasteiger partial charge in [-0.25, -0.2) is 9.82 Å². The summed E-state index contributed by atoms with van der Waals surface area (Å²) in [6.07, 6.45) is 4.08. The van der Waals surface area contributed by atoms with Crippen molar-refractivity contribution < 1.29 is 18.8 Å². The number of nitrogens with zero attached hydrogens (tertiary/aromatic N) is 2. The van der Waals surface area contributed by atoms with Crippen LogP contribution in [0.15, 0.2) is 42.6 Å². The second-order valence-electron chi connectivity index (χ2n) is 8.60. The summed E-state index contributed by atoms with van der Waals surface area (Å²) in [7, 11) is 3.24. The average molecular weight is 485 g/mol. The minimum absolute atomic E-state index is 0.200. The Morgan fingerprint density at radius 1 is 1.09 bits per heavy atom. The molecule has 1 aromatic heterocycles. The first kappa shape index (κ1) is 23.9. The molecule has 0 spiro atoms. The number of likely N-dealkylation sites (tertiary alicyclic amines) is 1. The molecule has 2 heterocycles. The fourth-order valence-electron chi connectivity index (χ4n) is 4.50. The zero-order chi connectivity index (χ0) is 24.4. The van der Waals surface area contributed by atoms with Gasteiger partial charge in [0.15, 0.2) is 0 Å². The number of ketones is 1. The van der Waals surface area contributed by atoms with Crippen LogP contribution in [0.25, 0.3) is 10.9 Å². The van der Waals surface area contributed by atoms with Crippen molar-refractivity contribution in [2.75, 3.05) is 20.1 Å². The van der Waals surface area contributed by atoms with Crippen LogP contribution < -0.4 is 10.9 Å². The van der Waals surface area contributed by atoms with Crippen LogP contribution in [0.1, 0.15) is 39.1 Å². The highest BCUT2D eigenvalue weighted by molar-refractivity contribution is 6.45. The molecular weight excluding hydrogens is 459 g/mol. The van der Waals surface area contributed by atoms with Gasteiger partial charge in [-0.15, -0.1) is 0 Å². The molecule has 1 aliphatic heterocycles. The highest BCUT2D eigenvalue weighted by Gasteiger charge is 2.27. The van der Waals surface area contributed by atoms with E-state index < -0.39 is 11.7 Å². The van der Waals surface area contributed by atoms with E-state index in [1.54, 1.807) is 47.0 Å². The number of piperidine rings is 1. The van der Waals surface area contributed by atoms with Crippen LogP contribution in [0.2, 0.25) is 5.02 Å². The summed E-state index contributed by atoms with van der Waals surface area (Å²) < 4.78 is 14.8. The number of aryl methyl sites for hydroxylation is 1. The van der Waals surface area contributed by atoms with E-state index in [1.165, 1.54) is 19.2 Å². The zero-order valence-electron chi connectivity index (χ0n) is 19.0. The van der Waals surface area contributed by atoms with Gasteiger partial charge in [-0.05, 0) is 55.0 Å². The normalized spacial score (nSPS) is 14.4. The third-order valence-corrected chi connectivity index (χ3v) is 6.65. The Labute approximate surface area is 201 Å². The number of nitrogens with one attached hydrogen (secondary N) is 2. The van der Waals surface area contributed by atoms with Crippen LogP contribution in [0.4, 0.5) is 4.39 Å². The molecule has 4 rings (SSSR count). The largest absolute Gasteiger partial charge is 0.350 e. The van der Waals surface area contributed by atoms with Crippen molar-refractivity contribution >= 4 is 40.1 Å². The molecular formula is C25H26ClFN4O3. The summed E-state index contributed by atoms with van der Waals surface area (Å²) in [4.78, 5) is 39.8. The fraction of sp³-hybridized carbons (Fsp3) is 0.320. The Morgan fingerprint density at radius 3 is 2.41 bits per heavy atom. The number of carbonyl (C=O) groups is 3. The molecule has 2 aromatic carbocycles. The number of fused-ring (bicyclic) bond motifs is 1. The van der Waals surface area contributed by atoms with Gasteiger partial charge < -0.3 is 9.47 Å². The Balaban J connectivity index is 1.51. The van der Waals surface area contributed by atoms with Gasteiger partial charge in [-0.3, -0.25) is 19.8 Å². The highest BCUT2D eigenvalue weighted by Crippen LogP contribution is 2.30. The van der Waals surface area contributed by atoms with Gasteiger partial charge in [0.1, 0.15) is 5.82 Å². The molecule has 0 radical (unpaired) electrons. The quantitative estimate of drug-likeness (QED) is 0.319.